The largest absolute Gasteiger partial charge is 0.481 e. The van der Waals surface area contributed by atoms with Gasteiger partial charge in [0.05, 0.1) is 0 Å². The summed E-state index contributed by atoms with van der Waals surface area (Å²) in [6, 6.07) is 0. The molecule has 0 aromatic carbocycles. The molecule has 5 nitrogen and oxygen atoms in total. The van der Waals surface area contributed by atoms with Gasteiger partial charge in [-0.15, -0.1) is 0 Å². The molecule has 0 bridgehead atoms. The van der Waals surface area contributed by atoms with Gasteiger partial charge in [0.25, 0.3) is 0 Å². The van der Waals surface area contributed by atoms with Crippen molar-refractivity contribution in [2.75, 3.05) is 13.7 Å². The van der Waals surface area contributed by atoms with Crippen molar-refractivity contribution in [1.82, 2.24) is 0 Å². The van der Waals surface area contributed by atoms with Crippen molar-refractivity contribution < 1.29 is 24.5 Å². The zero-order chi connectivity index (χ0) is 13.9. The summed E-state index contributed by atoms with van der Waals surface area (Å²) in [5, 5.41) is 18.6. The third-order valence-corrected chi connectivity index (χ3v) is 4.37. The van der Waals surface area contributed by atoms with E-state index >= 15 is 0 Å². The van der Waals surface area contributed by atoms with E-state index in [1.165, 1.54) is 26.2 Å². The maximum Gasteiger partial charge on any atom is 0.331 e. The van der Waals surface area contributed by atoms with E-state index in [9.17, 15) is 14.7 Å². The van der Waals surface area contributed by atoms with Crippen LogP contribution in [0.2, 0.25) is 0 Å². The number of aliphatic carboxylic acids is 2. The molecule has 100 valence electrons. The molecule has 2 atom stereocenters. The van der Waals surface area contributed by atoms with Gasteiger partial charge in [-0.2, -0.15) is 0 Å². The molecule has 2 N–H and O–H groups in total. The summed E-state index contributed by atoms with van der Waals surface area (Å²) in [5.74, 6) is -2.79. The minimum atomic E-state index is -1.28. The highest BCUT2D eigenvalue weighted by Gasteiger charge is 2.48. The van der Waals surface area contributed by atoms with Crippen LogP contribution in [-0.4, -0.2) is 35.9 Å². The Balaban J connectivity index is 3.23. The number of methoxy groups -OCH3 is 1. The highest BCUT2D eigenvalue weighted by molar-refractivity contribution is 9.11. The minimum absolute atomic E-state index is 0.0974. The quantitative estimate of drug-likeness (QED) is 0.810. The van der Waals surface area contributed by atoms with E-state index in [1.807, 2.05) is 0 Å². The van der Waals surface area contributed by atoms with E-state index in [0.29, 0.717) is 17.5 Å². The van der Waals surface area contributed by atoms with Gasteiger partial charge in [-0.1, -0.05) is 28.1 Å². The molecule has 0 aliphatic heterocycles. The van der Waals surface area contributed by atoms with Crippen LogP contribution in [0.15, 0.2) is 22.2 Å². The van der Waals surface area contributed by atoms with E-state index in [4.69, 9.17) is 9.84 Å². The Hall–Kier alpha value is -1.14. The smallest absolute Gasteiger partial charge is 0.331 e. The van der Waals surface area contributed by atoms with Crippen LogP contribution >= 0.6 is 15.9 Å². The molecule has 0 amide bonds. The molecular weight excluding hydrogens is 304 g/mol. The van der Waals surface area contributed by atoms with E-state index < -0.39 is 23.3 Å². The van der Waals surface area contributed by atoms with Crippen molar-refractivity contribution in [3.63, 3.8) is 0 Å². The van der Waals surface area contributed by atoms with Gasteiger partial charge in [0.2, 0.25) is 0 Å². The third kappa shape index (κ3) is 2.49. The van der Waals surface area contributed by atoms with Gasteiger partial charge in [-0.25, -0.2) is 4.79 Å². The zero-order valence-electron chi connectivity index (χ0n) is 10.1. The predicted molar refractivity (Wildman–Crippen MR) is 68.5 cm³/mol. The summed E-state index contributed by atoms with van der Waals surface area (Å²) in [6.07, 6.45) is 3.26. The van der Waals surface area contributed by atoms with Crippen molar-refractivity contribution in [2.24, 2.45) is 11.3 Å². The van der Waals surface area contributed by atoms with E-state index in [0.717, 1.165) is 0 Å². The standard InChI is InChI=1S/C12H15BrO5/c1-12(11(16)17)8(5-6-18-2)7(10(14)15)3-4-9(12)13/h3-4,8H,5-6H2,1-2H3,(H,14,15)(H,16,17). The molecule has 1 aliphatic rings. The molecule has 18 heavy (non-hydrogen) atoms. The van der Waals surface area contributed by atoms with Crippen LogP contribution in [0.25, 0.3) is 0 Å². The summed E-state index contributed by atoms with van der Waals surface area (Å²) in [6.45, 7) is 1.82. The lowest BCUT2D eigenvalue weighted by Gasteiger charge is -2.36. The van der Waals surface area contributed by atoms with Gasteiger partial charge in [0.15, 0.2) is 0 Å². The maximum atomic E-state index is 11.5. The Morgan fingerprint density at radius 1 is 1.44 bits per heavy atom. The summed E-state index contributed by atoms with van der Waals surface area (Å²) in [5.41, 5.74) is -1.18. The molecule has 2 unspecified atom stereocenters. The third-order valence-electron chi connectivity index (χ3n) is 3.28. The zero-order valence-corrected chi connectivity index (χ0v) is 11.7. The summed E-state index contributed by atoms with van der Waals surface area (Å²) in [7, 11) is 1.50. The second-order valence-corrected chi connectivity index (χ2v) is 5.14. The number of allylic oxidation sites excluding steroid dienone is 2. The number of carbonyl (C=O) groups is 2. The Morgan fingerprint density at radius 2 is 2.06 bits per heavy atom. The molecular formula is C12H15BrO5. The Morgan fingerprint density at radius 3 is 2.50 bits per heavy atom. The highest BCUT2D eigenvalue weighted by atomic mass is 79.9. The van der Waals surface area contributed by atoms with Crippen molar-refractivity contribution in [3.8, 4) is 0 Å². The molecule has 0 aromatic rings. The second-order valence-electron chi connectivity index (χ2n) is 4.28. The van der Waals surface area contributed by atoms with E-state index in [-0.39, 0.29) is 5.57 Å². The maximum absolute atomic E-state index is 11.5. The fourth-order valence-electron chi connectivity index (χ4n) is 2.08. The van der Waals surface area contributed by atoms with Crippen molar-refractivity contribution in [1.29, 1.82) is 0 Å². The van der Waals surface area contributed by atoms with Crippen LogP contribution in [0.1, 0.15) is 13.3 Å². The fourth-order valence-corrected chi connectivity index (χ4v) is 2.66. The molecule has 0 heterocycles. The van der Waals surface area contributed by atoms with Crippen molar-refractivity contribution in [3.05, 3.63) is 22.2 Å². The van der Waals surface area contributed by atoms with Crippen LogP contribution in [0.4, 0.5) is 0 Å². The van der Waals surface area contributed by atoms with Gasteiger partial charge in [-0.05, 0) is 13.3 Å². The lowest BCUT2D eigenvalue weighted by Crippen LogP contribution is -2.41. The molecule has 1 rings (SSSR count). The first-order chi connectivity index (χ1) is 8.35. The van der Waals surface area contributed by atoms with Crippen LogP contribution in [-0.2, 0) is 14.3 Å². The van der Waals surface area contributed by atoms with Crippen LogP contribution in [0, 0.1) is 11.3 Å². The lowest BCUT2D eigenvalue weighted by atomic mass is 9.69. The summed E-state index contributed by atoms with van der Waals surface area (Å²) >= 11 is 3.22. The van der Waals surface area contributed by atoms with Crippen LogP contribution < -0.4 is 0 Å². The van der Waals surface area contributed by atoms with E-state index in [1.54, 1.807) is 0 Å². The molecule has 6 heteroatoms. The van der Waals surface area contributed by atoms with E-state index in [2.05, 4.69) is 15.9 Å². The number of ether oxygens (including phenoxy) is 1. The summed E-state index contributed by atoms with van der Waals surface area (Å²) < 4.78 is 5.40. The molecule has 0 aromatic heterocycles. The average molecular weight is 319 g/mol. The average Bonchev–Trinajstić information content (AvgIpc) is 2.30. The Bertz CT molecular complexity index is 426. The lowest BCUT2D eigenvalue weighted by molar-refractivity contribution is -0.148. The van der Waals surface area contributed by atoms with Crippen molar-refractivity contribution in [2.45, 2.75) is 13.3 Å². The van der Waals surface area contributed by atoms with Crippen LogP contribution in [0.5, 0.6) is 0 Å². The number of halogens is 1. The number of hydrogen-bond acceptors (Lipinski definition) is 3. The second kappa shape index (κ2) is 5.67. The first-order valence-corrected chi connectivity index (χ1v) is 6.18. The Labute approximate surface area is 113 Å². The fraction of sp³-hybridized carbons (Fsp3) is 0.500. The number of rotatable bonds is 5. The number of carboxylic acid groups (broad SMARTS) is 2. The minimum Gasteiger partial charge on any atom is -0.481 e. The first-order valence-electron chi connectivity index (χ1n) is 5.39. The molecule has 0 saturated heterocycles. The van der Waals surface area contributed by atoms with Gasteiger partial charge >= 0.3 is 11.9 Å². The SMILES string of the molecule is COCCC1C(C(=O)O)=CC=C(Br)C1(C)C(=O)O. The Kier molecular flexibility index (Phi) is 4.70. The predicted octanol–water partition coefficient (Wildman–Crippen LogP) is 2.03. The topological polar surface area (TPSA) is 83.8 Å². The highest BCUT2D eigenvalue weighted by Crippen LogP contribution is 2.47. The number of hydrogen-bond donors (Lipinski definition) is 2. The monoisotopic (exact) mass is 318 g/mol. The van der Waals surface area contributed by atoms with Gasteiger partial charge in [0.1, 0.15) is 5.41 Å². The molecule has 0 fully saturated rings. The van der Waals surface area contributed by atoms with Gasteiger partial charge in [0, 0.05) is 29.7 Å². The molecule has 0 saturated carbocycles. The number of carboxylic acids is 2. The van der Waals surface area contributed by atoms with Crippen LogP contribution in [0.3, 0.4) is 0 Å². The van der Waals surface area contributed by atoms with Crippen molar-refractivity contribution >= 4 is 27.9 Å². The molecule has 0 spiro atoms. The van der Waals surface area contributed by atoms with Gasteiger partial charge in [-0.3, -0.25) is 4.79 Å². The summed E-state index contributed by atoms with van der Waals surface area (Å²) in [4.78, 5) is 22.7. The van der Waals surface area contributed by atoms with Gasteiger partial charge < -0.3 is 14.9 Å². The normalized spacial score (nSPS) is 27.4. The molecule has 1 aliphatic carbocycles. The molecule has 0 radical (unpaired) electrons. The first kappa shape index (κ1) is 14.9.